The number of rotatable bonds is 6. The van der Waals surface area contributed by atoms with Gasteiger partial charge in [-0.3, -0.25) is 0 Å². The summed E-state index contributed by atoms with van der Waals surface area (Å²) in [5, 5.41) is 0.528. The number of aromatic nitrogens is 2. The Hall–Kier alpha value is -2.18. The Morgan fingerprint density at radius 3 is 2.41 bits per heavy atom. The van der Waals surface area contributed by atoms with Crippen molar-refractivity contribution in [1.82, 2.24) is 9.97 Å². The van der Waals surface area contributed by atoms with Crippen molar-refractivity contribution in [3.8, 4) is 0 Å². The van der Waals surface area contributed by atoms with E-state index in [1.165, 1.54) is 7.11 Å². The fraction of sp³-hybridized carbons (Fsp3) is 0.450. The second kappa shape index (κ2) is 9.15. The van der Waals surface area contributed by atoms with E-state index < -0.39 is 6.10 Å². The zero-order chi connectivity index (χ0) is 19.2. The average Bonchev–Trinajstić information content (AvgIpc) is 2.70. The molecule has 0 spiro atoms. The average molecular weight is 390 g/mol. The van der Waals surface area contributed by atoms with Crippen LogP contribution in [0.1, 0.15) is 31.4 Å². The van der Waals surface area contributed by atoms with Crippen LogP contribution in [0.4, 0.5) is 5.95 Å². The highest BCUT2D eigenvalue weighted by Gasteiger charge is 2.30. The lowest BCUT2D eigenvalue weighted by Gasteiger charge is -2.34. The summed E-state index contributed by atoms with van der Waals surface area (Å²) in [7, 11) is 1.52. The van der Waals surface area contributed by atoms with Crippen LogP contribution in [0.25, 0.3) is 0 Å². The fourth-order valence-corrected chi connectivity index (χ4v) is 3.47. The Morgan fingerprint density at radius 2 is 1.81 bits per heavy atom. The molecule has 0 bridgehead atoms. The predicted molar refractivity (Wildman–Crippen MR) is 104 cm³/mol. The van der Waals surface area contributed by atoms with Crippen LogP contribution in [0.3, 0.4) is 0 Å². The fourth-order valence-electron chi connectivity index (χ4n) is 3.38. The minimum absolute atomic E-state index is 0.174. The number of carbonyl (C=O) groups excluding carboxylic acids is 1. The first-order valence-corrected chi connectivity index (χ1v) is 9.47. The van der Waals surface area contributed by atoms with E-state index in [9.17, 15) is 4.79 Å². The van der Waals surface area contributed by atoms with E-state index in [1.54, 1.807) is 12.4 Å². The van der Waals surface area contributed by atoms with E-state index >= 15 is 0 Å². The van der Waals surface area contributed by atoms with E-state index in [0.717, 1.165) is 31.5 Å². The summed E-state index contributed by atoms with van der Waals surface area (Å²) in [6, 6.07) is 9.40. The molecule has 6 nitrogen and oxygen atoms in total. The number of carbonyl (C=O) groups is 1. The molecule has 0 amide bonds. The largest absolute Gasteiger partial charge is 0.460 e. The Morgan fingerprint density at radius 1 is 1.19 bits per heavy atom. The number of piperidine rings is 1. The molecule has 2 aromatic rings. The van der Waals surface area contributed by atoms with Gasteiger partial charge in [-0.15, -0.1) is 0 Å². The van der Waals surface area contributed by atoms with Gasteiger partial charge in [0.2, 0.25) is 5.95 Å². The van der Waals surface area contributed by atoms with Gasteiger partial charge in [0.1, 0.15) is 6.10 Å². The van der Waals surface area contributed by atoms with Gasteiger partial charge in [0.05, 0.1) is 17.4 Å². The Labute approximate surface area is 164 Å². The van der Waals surface area contributed by atoms with Crippen LogP contribution < -0.4 is 4.90 Å². The van der Waals surface area contributed by atoms with Gasteiger partial charge in [-0.2, -0.15) is 0 Å². The van der Waals surface area contributed by atoms with Crippen molar-refractivity contribution >= 4 is 23.5 Å². The molecule has 1 aliphatic heterocycles. The van der Waals surface area contributed by atoms with E-state index in [0.29, 0.717) is 16.9 Å². The Kier molecular flexibility index (Phi) is 6.63. The summed E-state index contributed by atoms with van der Waals surface area (Å²) < 4.78 is 11.1. The van der Waals surface area contributed by atoms with Gasteiger partial charge >= 0.3 is 5.97 Å². The molecule has 1 aromatic carbocycles. The van der Waals surface area contributed by atoms with Crippen molar-refractivity contribution < 1.29 is 14.3 Å². The second-order valence-corrected chi connectivity index (χ2v) is 7.13. The number of ether oxygens (including phenoxy) is 2. The zero-order valence-electron chi connectivity index (χ0n) is 15.5. The lowest BCUT2D eigenvalue weighted by Crippen LogP contribution is -2.39. The lowest BCUT2D eigenvalue weighted by atomic mass is 9.92. The summed E-state index contributed by atoms with van der Waals surface area (Å²) in [5.41, 5.74) is 0.798. The summed E-state index contributed by atoms with van der Waals surface area (Å²) in [5.74, 6) is 0.636. The normalized spacial score (nSPS) is 17.4. The minimum Gasteiger partial charge on any atom is -0.460 e. The third-order valence-corrected chi connectivity index (χ3v) is 5.14. The van der Waals surface area contributed by atoms with Crippen LogP contribution in [0.15, 0.2) is 42.7 Å². The second-order valence-electron chi connectivity index (χ2n) is 6.69. The molecule has 1 aromatic heterocycles. The van der Waals surface area contributed by atoms with Gasteiger partial charge < -0.3 is 14.4 Å². The number of hydrogen-bond donors (Lipinski definition) is 0. The lowest BCUT2D eigenvalue weighted by molar-refractivity contribution is -0.163. The molecular weight excluding hydrogens is 366 g/mol. The summed E-state index contributed by atoms with van der Waals surface area (Å²) in [6.07, 6.45) is 4.15. The van der Waals surface area contributed by atoms with Crippen LogP contribution >= 0.6 is 11.6 Å². The van der Waals surface area contributed by atoms with E-state index in [-0.39, 0.29) is 12.1 Å². The molecular formula is C20H24ClN3O3. The molecule has 0 radical (unpaired) electrons. The number of nitrogens with zero attached hydrogens (tertiary/aromatic N) is 3. The van der Waals surface area contributed by atoms with Gasteiger partial charge in [-0.25, -0.2) is 14.8 Å². The summed E-state index contributed by atoms with van der Waals surface area (Å²) in [6.45, 7) is 3.59. The number of anilines is 1. The zero-order valence-corrected chi connectivity index (χ0v) is 16.3. The maximum Gasteiger partial charge on any atom is 0.340 e. The molecule has 1 aliphatic rings. The number of methoxy groups -OCH3 is 1. The predicted octanol–water partition coefficient (Wildman–Crippen LogP) is 3.67. The highest BCUT2D eigenvalue weighted by atomic mass is 35.5. The Bertz CT molecular complexity index is 734. The van der Waals surface area contributed by atoms with Crippen LogP contribution in [-0.2, 0) is 14.3 Å². The smallest absolute Gasteiger partial charge is 0.340 e. The molecule has 2 atom stereocenters. The summed E-state index contributed by atoms with van der Waals surface area (Å²) >= 11 is 5.84. The molecule has 3 rings (SSSR count). The topological polar surface area (TPSA) is 64.6 Å². The van der Waals surface area contributed by atoms with Gasteiger partial charge in [0.15, 0.2) is 6.10 Å². The standard InChI is InChI=1S/C20H24ClN3O3/c1-14(27-19(25)18(26-2)16-6-4-3-5-7-16)15-8-10-24(11-9-15)20-22-12-17(21)13-23-20/h3-7,12-15,18H,8-11H2,1-2H3/t14?,18-/m0/s1. The first kappa shape index (κ1) is 19.6. The summed E-state index contributed by atoms with van der Waals surface area (Å²) in [4.78, 5) is 23.2. The van der Waals surface area contributed by atoms with E-state index in [4.69, 9.17) is 21.1 Å². The quantitative estimate of drug-likeness (QED) is 0.702. The van der Waals surface area contributed by atoms with Crippen molar-refractivity contribution in [2.24, 2.45) is 5.92 Å². The third-order valence-electron chi connectivity index (χ3n) is 4.95. The number of halogens is 1. The molecule has 0 aliphatic carbocycles. The maximum atomic E-state index is 12.6. The maximum absolute atomic E-state index is 12.6. The number of esters is 1. The SMILES string of the molecule is CO[C@H](C(=O)OC(C)C1CCN(c2ncc(Cl)cn2)CC1)c1ccccc1. The van der Waals surface area contributed by atoms with Gasteiger partial charge in [-0.1, -0.05) is 41.9 Å². The molecule has 0 saturated carbocycles. The number of hydrogen-bond acceptors (Lipinski definition) is 6. The molecule has 1 fully saturated rings. The van der Waals surface area contributed by atoms with Crippen molar-refractivity contribution in [2.45, 2.75) is 32.0 Å². The highest BCUT2D eigenvalue weighted by Crippen LogP contribution is 2.27. The van der Waals surface area contributed by atoms with Crippen LogP contribution in [0.5, 0.6) is 0 Å². The van der Waals surface area contributed by atoms with Crippen molar-refractivity contribution in [1.29, 1.82) is 0 Å². The van der Waals surface area contributed by atoms with Crippen LogP contribution in [0.2, 0.25) is 5.02 Å². The van der Waals surface area contributed by atoms with Crippen molar-refractivity contribution in [3.63, 3.8) is 0 Å². The van der Waals surface area contributed by atoms with Crippen molar-refractivity contribution in [3.05, 3.63) is 53.3 Å². The molecule has 144 valence electrons. The number of benzene rings is 1. The molecule has 1 saturated heterocycles. The molecule has 1 unspecified atom stereocenters. The molecule has 27 heavy (non-hydrogen) atoms. The molecule has 0 N–H and O–H groups in total. The minimum atomic E-state index is -0.698. The molecule has 2 heterocycles. The van der Waals surface area contributed by atoms with Crippen LogP contribution in [-0.4, -0.2) is 42.2 Å². The third kappa shape index (κ3) is 4.96. The highest BCUT2D eigenvalue weighted by molar-refractivity contribution is 6.30. The molecule has 7 heteroatoms. The monoisotopic (exact) mass is 389 g/mol. The van der Waals surface area contributed by atoms with E-state index in [2.05, 4.69) is 14.9 Å². The van der Waals surface area contributed by atoms with Gasteiger partial charge in [0.25, 0.3) is 0 Å². The Balaban J connectivity index is 1.53. The first-order valence-electron chi connectivity index (χ1n) is 9.09. The van der Waals surface area contributed by atoms with Gasteiger partial charge in [0, 0.05) is 20.2 Å². The van der Waals surface area contributed by atoms with Crippen LogP contribution in [0, 0.1) is 5.92 Å². The first-order chi connectivity index (χ1) is 13.1. The van der Waals surface area contributed by atoms with E-state index in [1.807, 2.05) is 37.3 Å². The van der Waals surface area contributed by atoms with Gasteiger partial charge in [-0.05, 0) is 31.2 Å². The van der Waals surface area contributed by atoms with Crippen molar-refractivity contribution in [2.75, 3.05) is 25.1 Å².